The molecule has 4 nitrogen and oxygen atoms in total. The van der Waals surface area contributed by atoms with Gasteiger partial charge in [-0.05, 0) is 31.5 Å². The summed E-state index contributed by atoms with van der Waals surface area (Å²) in [5, 5.41) is 3.35. The van der Waals surface area contributed by atoms with Gasteiger partial charge in [-0.2, -0.15) is 0 Å². The van der Waals surface area contributed by atoms with Crippen molar-refractivity contribution in [3.05, 3.63) is 40.4 Å². The van der Waals surface area contributed by atoms with Crippen LogP contribution in [0.25, 0.3) is 0 Å². The maximum Gasteiger partial charge on any atom is 0.331 e. The Bertz CT molecular complexity index is 529. The van der Waals surface area contributed by atoms with Gasteiger partial charge in [0, 0.05) is 11.1 Å². The second-order valence-corrected chi connectivity index (χ2v) is 4.85. The lowest BCUT2D eigenvalue weighted by Gasteiger charge is -2.13. The van der Waals surface area contributed by atoms with Crippen LogP contribution in [0.1, 0.15) is 20.3 Å². The Balaban J connectivity index is 2.64. The van der Waals surface area contributed by atoms with Crippen molar-refractivity contribution in [2.75, 3.05) is 5.32 Å². The first-order valence-corrected chi connectivity index (χ1v) is 6.82. The van der Waals surface area contributed by atoms with Gasteiger partial charge in [0.15, 0.2) is 6.10 Å². The first-order valence-electron chi connectivity index (χ1n) is 6.07. The number of carbonyl (C=O) groups is 2. The molecule has 0 spiro atoms. The van der Waals surface area contributed by atoms with Crippen molar-refractivity contribution in [1.82, 2.24) is 0 Å². The van der Waals surface area contributed by atoms with Gasteiger partial charge < -0.3 is 10.1 Å². The molecule has 0 saturated carbocycles. The predicted octanol–water partition coefficient (Wildman–Crippen LogP) is 3.83. The van der Waals surface area contributed by atoms with Crippen molar-refractivity contribution in [3.8, 4) is 0 Å². The largest absolute Gasteiger partial charge is 0.449 e. The predicted molar refractivity (Wildman–Crippen MR) is 80.1 cm³/mol. The average Bonchev–Trinajstić information content (AvgIpc) is 2.40. The standard InChI is InChI=1S/C14H15Cl2NO3/c1-3-4-5-13(18)20-9(2)14(19)17-12-8-10(15)6-7-11(12)16/h4-9H,3H2,1-2H3,(H,17,19)/b5-4+/t9-/m1/s1. The fourth-order valence-electron chi connectivity index (χ4n) is 1.31. The molecular weight excluding hydrogens is 301 g/mol. The summed E-state index contributed by atoms with van der Waals surface area (Å²) >= 11 is 11.7. The number of esters is 1. The van der Waals surface area contributed by atoms with Gasteiger partial charge in [-0.25, -0.2) is 4.79 Å². The van der Waals surface area contributed by atoms with Gasteiger partial charge in [0.1, 0.15) is 0 Å². The van der Waals surface area contributed by atoms with Crippen molar-refractivity contribution >= 4 is 40.8 Å². The molecule has 1 N–H and O–H groups in total. The Hall–Kier alpha value is -1.52. The molecule has 0 aromatic heterocycles. The van der Waals surface area contributed by atoms with Gasteiger partial charge in [-0.15, -0.1) is 0 Å². The van der Waals surface area contributed by atoms with Gasteiger partial charge in [0.25, 0.3) is 5.91 Å². The van der Waals surface area contributed by atoms with E-state index >= 15 is 0 Å². The second kappa shape index (κ2) is 7.92. The molecule has 1 aromatic carbocycles. The zero-order valence-electron chi connectivity index (χ0n) is 11.2. The summed E-state index contributed by atoms with van der Waals surface area (Å²) in [6.07, 6.45) is 2.73. The minimum absolute atomic E-state index is 0.354. The van der Waals surface area contributed by atoms with E-state index in [4.69, 9.17) is 27.9 Å². The first kappa shape index (κ1) is 16.5. The van der Waals surface area contributed by atoms with Gasteiger partial charge >= 0.3 is 5.97 Å². The highest BCUT2D eigenvalue weighted by molar-refractivity contribution is 6.35. The molecule has 1 aromatic rings. The summed E-state index contributed by atoms with van der Waals surface area (Å²) in [4.78, 5) is 23.2. The van der Waals surface area contributed by atoms with Crippen molar-refractivity contribution in [3.63, 3.8) is 0 Å². The highest BCUT2D eigenvalue weighted by atomic mass is 35.5. The Morgan fingerprint density at radius 1 is 1.40 bits per heavy atom. The molecule has 1 amide bonds. The van der Waals surface area contributed by atoms with Crippen LogP contribution in [0.3, 0.4) is 0 Å². The van der Waals surface area contributed by atoms with Gasteiger partial charge in [0.05, 0.1) is 10.7 Å². The zero-order valence-corrected chi connectivity index (χ0v) is 12.7. The van der Waals surface area contributed by atoms with E-state index in [0.717, 1.165) is 0 Å². The third-order valence-electron chi connectivity index (χ3n) is 2.34. The molecular formula is C14H15Cl2NO3. The topological polar surface area (TPSA) is 55.4 Å². The second-order valence-electron chi connectivity index (χ2n) is 4.00. The summed E-state index contributed by atoms with van der Waals surface area (Å²) < 4.78 is 4.94. The monoisotopic (exact) mass is 315 g/mol. The maximum absolute atomic E-state index is 11.9. The van der Waals surface area contributed by atoms with E-state index in [1.54, 1.807) is 18.2 Å². The number of halogens is 2. The van der Waals surface area contributed by atoms with Crippen LogP contribution in [0.15, 0.2) is 30.4 Å². The van der Waals surface area contributed by atoms with E-state index in [1.807, 2.05) is 6.92 Å². The molecule has 0 fully saturated rings. The van der Waals surface area contributed by atoms with E-state index in [-0.39, 0.29) is 0 Å². The highest BCUT2D eigenvalue weighted by Gasteiger charge is 2.17. The fraction of sp³-hybridized carbons (Fsp3) is 0.286. The number of allylic oxidation sites excluding steroid dienone is 1. The molecule has 0 heterocycles. The molecule has 1 atom stereocenters. The molecule has 0 aliphatic carbocycles. The maximum atomic E-state index is 11.9. The number of hydrogen-bond donors (Lipinski definition) is 1. The van der Waals surface area contributed by atoms with E-state index in [9.17, 15) is 9.59 Å². The Morgan fingerprint density at radius 3 is 2.75 bits per heavy atom. The van der Waals surface area contributed by atoms with Crippen LogP contribution in [-0.2, 0) is 14.3 Å². The first-order chi connectivity index (χ1) is 9.43. The van der Waals surface area contributed by atoms with Crippen LogP contribution >= 0.6 is 23.2 Å². The number of benzene rings is 1. The summed E-state index contributed by atoms with van der Waals surface area (Å²) in [7, 11) is 0. The lowest BCUT2D eigenvalue weighted by atomic mass is 10.3. The molecule has 108 valence electrons. The lowest BCUT2D eigenvalue weighted by Crippen LogP contribution is -2.29. The van der Waals surface area contributed by atoms with Crippen LogP contribution in [0.5, 0.6) is 0 Å². The number of amides is 1. The molecule has 0 aliphatic heterocycles. The molecule has 1 rings (SSSR count). The normalized spacial score (nSPS) is 12.2. The summed E-state index contributed by atoms with van der Waals surface area (Å²) in [6.45, 7) is 3.37. The highest BCUT2D eigenvalue weighted by Crippen LogP contribution is 2.25. The molecule has 0 aliphatic rings. The number of hydrogen-bond acceptors (Lipinski definition) is 3. The third-order valence-corrected chi connectivity index (χ3v) is 2.90. The van der Waals surface area contributed by atoms with E-state index in [0.29, 0.717) is 22.2 Å². The number of carbonyl (C=O) groups excluding carboxylic acids is 2. The van der Waals surface area contributed by atoms with Gasteiger partial charge in [-0.3, -0.25) is 4.79 Å². The van der Waals surface area contributed by atoms with Crippen LogP contribution in [0, 0.1) is 0 Å². The van der Waals surface area contributed by atoms with E-state index in [1.165, 1.54) is 19.1 Å². The van der Waals surface area contributed by atoms with Gasteiger partial charge in [-0.1, -0.05) is 36.2 Å². The lowest BCUT2D eigenvalue weighted by molar-refractivity contribution is -0.148. The van der Waals surface area contributed by atoms with Crippen LogP contribution < -0.4 is 5.32 Å². The Morgan fingerprint density at radius 2 is 2.10 bits per heavy atom. The number of nitrogens with one attached hydrogen (secondary N) is 1. The quantitative estimate of drug-likeness (QED) is 0.663. The fourth-order valence-corrected chi connectivity index (χ4v) is 1.65. The van der Waals surface area contributed by atoms with Crippen molar-refractivity contribution in [2.45, 2.75) is 26.4 Å². The summed E-state index contributed by atoms with van der Waals surface area (Å²) in [6, 6.07) is 4.70. The van der Waals surface area contributed by atoms with Crippen LogP contribution in [0.4, 0.5) is 5.69 Å². The number of rotatable bonds is 5. The molecule has 20 heavy (non-hydrogen) atoms. The minimum atomic E-state index is -0.931. The number of ether oxygens (including phenoxy) is 1. The third kappa shape index (κ3) is 5.23. The van der Waals surface area contributed by atoms with Gasteiger partial charge in [0.2, 0.25) is 0 Å². The van der Waals surface area contributed by atoms with Crippen molar-refractivity contribution in [2.24, 2.45) is 0 Å². The van der Waals surface area contributed by atoms with Crippen molar-refractivity contribution in [1.29, 1.82) is 0 Å². The van der Waals surface area contributed by atoms with Crippen LogP contribution in [0.2, 0.25) is 10.0 Å². The summed E-state index contributed by atoms with van der Waals surface area (Å²) in [5.41, 5.74) is 0.371. The smallest absolute Gasteiger partial charge is 0.331 e. The minimum Gasteiger partial charge on any atom is -0.449 e. The molecule has 0 saturated heterocycles. The van der Waals surface area contributed by atoms with E-state index < -0.39 is 18.0 Å². The Labute approximate surface area is 127 Å². The Kier molecular flexibility index (Phi) is 6.55. The average molecular weight is 316 g/mol. The van der Waals surface area contributed by atoms with Crippen molar-refractivity contribution < 1.29 is 14.3 Å². The molecule has 0 unspecified atom stereocenters. The summed E-state index contributed by atoms with van der Waals surface area (Å²) in [5.74, 6) is -1.04. The molecule has 6 heteroatoms. The SMILES string of the molecule is CC/C=C/C(=O)O[C@H](C)C(=O)Nc1cc(Cl)ccc1Cl. The number of anilines is 1. The molecule has 0 radical (unpaired) electrons. The van der Waals surface area contributed by atoms with E-state index in [2.05, 4.69) is 5.32 Å². The zero-order chi connectivity index (χ0) is 15.1. The molecule has 0 bridgehead atoms. The van der Waals surface area contributed by atoms with Crippen LogP contribution in [-0.4, -0.2) is 18.0 Å².